The zero-order valence-corrected chi connectivity index (χ0v) is 21.1. The number of nitrogens with zero attached hydrogens (tertiary/aromatic N) is 5. The number of aromatic amines is 1. The van der Waals surface area contributed by atoms with E-state index in [1.165, 1.54) is 10.6 Å². The fraction of sp³-hybridized carbons (Fsp3) is 0.375. The molecular formula is C24H27N7O4S. The minimum atomic E-state index is -3.65. The molecule has 0 bridgehead atoms. The van der Waals surface area contributed by atoms with Gasteiger partial charge in [0.05, 0.1) is 17.2 Å². The molecule has 1 aromatic carbocycles. The number of aromatic nitrogens is 5. The van der Waals surface area contributed by atoms with E-state index in [1.54, 1.807) is 7.05 Å². The zero-order valence-electron chi connectivity index (χ0n) is 20.3. The Bertz CT molecular complexity index is 1510. The second-order valence-electron chi connectivity index (χ2n) is 9.05. The molecular weight excluding hydrogens is 482 g/mol. The maximum absolute atomic E-state index is 13.0. The van der Waals surface area contributed by atoms with Gasteiger partial charge in [0.1, 0.15) is 11.6 Å². The number of rotatable bonds is 9. The average Bonchev–Trinajstić information content (AvgIpc) is 3.43. The van der Waals surface area contributed by atoms with Gasteiger partial charge < -0.3 is 9.73 Å². The van der Waals surface area contributed by atoms with Gasteiger partial charge in [0, 0.05) is 25.6 Å². The topological polar surface area (TPSA) is 147 Å². The van der Waals surface area contributed by atoms with Crippen molar-refractivity contribution < 1.29 is 17.6 Å². The number of pyridine rings is 1. The molecule has 5 rings (SSSR count). The van der Waals surface area contributed by atoms with Crippen LogP contribution in [0, 0.1) is 6.92 Å². The molecule has 0 unspecified atom stereocenters. The van der Waals surface area contributed by atoms with Crippen LogP contribution in [-0.4, -0.2) is 59.8 Å². The smallest absolute Gasteiger partial charge is 0.255 e. The summed E-state index contributed by atoms with van der Waals surface area (Å²) in [6.45, 7) is 2.18. The number of hydrogen-bond acceptors (Lipinski definition) is 8. The molecule has 1 aliphatic carbocycles. The van der Waals surface area contributed by atoms with Gasteiger partial charge in [-0.25, -0.2) is 8.42 Å². The highest BCUT2D eigenvalue weighted by atomic mass is 32.2. The fourth-order valence-corrected chi connectivity index (χ4v) is 5.20. The molecule has 0 spiro atoms. The van der Waals surface area contributed by atoms with E-state index in [0.717, 1.165) is 29.5 Å². The lowest BCUT2D eigenvalue weighted by Crippen LogP contribution is -2.33. The van der Waals surface area contributed by atoms with Gasteiger partial charge in [-0.1, -0.05) is 35.0 Å². The lowest BCUT2D eigenvalue weighted by atomic mass is 10.0. The summed E-state index contributed by atoms with van der Waals surface area (Å²) in [7, 11) is -2.08. The number of sulfonamides is 1. The van der Waals surface area contributed by atoms with E-state index >= 15 is 0 Å². The molecule has 0 radical (unpaired) electrons. The normalized spacial score (nSPS) is 13.8. The van der Waals surface area contributed by atoms with Crippen LogP contribution >= 0.6 is 0 Å². The molecule has 1 aliphatic rings. The van der Waals surface area contributed by atoms with Gasteiger partial charge in [0.2, 0.25) is 15.7 Å². The number of fused-ring (bicyclic) bond motifs is 1. The third-order valence-corrected chi connectivity index (χ3v) is 7.42. The van der Waals surface area contributed by atoms with Crippen molar-refractivity contribution in [2.24, 2.45) is 0 Å². The summed E-state index contributed by atoms with van der Waals surface area (Å²) in [5.41, 5.74) is 3.23. The number of aryl methyl sites for hydroxylation is 2. The number of hydrogen-bond donors (Lipinski definition) is 2. The summed E-state index contributed by atoms with van der Waals surface area (Å²) in [6, 6.07) is 9.55. The molecule has 0 atom stereocenters. The molecule has 1 amide bonds. The van der Waals surface area contributed by atoms with Gasteiger partial charge in [-0.2, -0.15) is 10.2 Å². The highest BCUT2D eigenvalue weighted by Crippen LogP contribution is 2.46. The number of benzene rings is 1. The van der Waals surface area contributed by atoms with Crippen molar-refractivity contribution in [2.45, 2.75) is 38.5 Å². The fourth-order valence-electron chi connectivity index (χ4n) is 4.28. The number of tetrazole rings is 1. The summed E-state index contributed by atoms with van der Waals surface area (Å²) in [6.07, 6.45) is 3.96. The van der Waals surface area contributed by atoms with E-state index in [9.17, 15) is 13.2 Å². The summed E-state index contributed by atoms with van der Waals surface area (Å²) < 4.78 is 33.2. The number of anilines is 1. The summed E-state index contributed by atoms with van der Waals surface area (Å²) in [5.74, 6) is 1.14. The Morgan fingerprint density at radius 1 is 1.25 bits per heavy atom. The lowest BCUT2D eigenvalue weighted by molar-refractivity contribution is 0.0964. The molecule has 12 heteroatoms. The molecule has 1 saturated carbocycles. The highest BCUT2D eigenvalue weighted by molar-refractivity contribution is 7.92. The number of H-pyrrole nitrogens is 1. The van der Waals surface area contributed by atoms with Crippen molar-refractivity contribution in [2.75, 3.05) is 24.2 Å². The van der Waals surface area contributed by atoms with Gasteiger partial charge in [0.15, 0.2) is 5.82 Å². The Balaban J connectivity index is 1.63. The van der Waals surface area contributed by atoms with Crippen LogP contribution in [0.15, 0.2) is 34.7 Å². The van der Waals surface area contributed by atoms with Gasteiger partial charge in [-0.15, -0.1) is 10.2 Å². The van der Waals surface area contributed by atoms with Crippen molar-refractivity contribution in [3.8, 4) is 11.3 Å². The molecule has 188 valence electrons. The number of furan rings is 1. The minimum Gasteiger partial charge on any atom is -0.437 e. The number of nitrogens with one attached hydrogen (secondary N) is 2. The average molecular weight is 510 g/mol. The maximum Gasteiger partial charge on any atom is 0.255 e. The quantitative estimate of drug-likeness (QED) is 0.350. The van der Waals surface area contributed by atoms with Crippen molar-refractivity contribution in [3.63, 3.8) is 0 Å². The molecule has 2 N–H and O–H groups in total. The number of amides is 1. The Hall–Kier alpha value is -3.80. The standard InChI is InChI=1S/C24H27N7O4S/c1-14-6-8-16(9-7-14)21-20(23(32)25-2)18-13-17(15-10-11-15)22(26-24(18)35-21)31(36(3,33)34)12-4-5-19-27-29-30-28-19/h6-9,13,15H,4-5,10-12H2,1-3H3,(H,25,32)(H,27,28,29,30). The molecule has 11 nitrogen and oxygen atoms in total. The molecule has 0 saturated heterocycles. The van der Waals surface area contributed by atoms with Crippen LogP contribution in [0.2, 0.25) is 0 Å². The molecule has 3 heterocycles. The second kappa shape index (κ2) is 9.34. The van der Waals surface area contributed by atoms with Crippen molar-refractivity contribution in [1.82, 2.24) is 30.9 Å². The number of carbonyl (C=O) groups excluding carboxylic acids is 1. The molecule has 1 fully saturated rings. The van der Waals surface area contributed by atoms with E-state index in [0.29, 0.717) is 41.2 Å². The SMILES string of the molecule is CNC(=O)c1c(-c2ccc(C)cc2)oc2nc(N(CCCc3nn[nH]n3)S(C)(=O)=O)c(C3CC3)cc12. The first kappa shape index (κ1) is 23.9. The van der Waals surface area contributed by atoms with Crippen LogP contribution in [0.5, 0.6) is 0 Å². The summed E-state index contributed by atoms with van der Waals surface area (Å²) >= 11 is 0. The highest BCUT2D eigenvalue weighted by Gasteiger charge is 2.34. The Labute approximate surface area is 208 Å². The Morgan fingerprint density at radius 2 is 2.00 bits per heavy atom. The molecule has 36 heavy (non-hydrogen) atoms. The van der Waals surface area contributed by atoms with E-state index in [1.807, 2.05) is 37.3 Å². The summed E-state index contributed by atoms with van der Waals surface area (Å²) in [4.78, 5) is 17.7. The first-order valence-electron chi connectivity index (χ1n) is 11.7. The largest absolute Gasteiger partial charge is 0.437 e. The van der Waals surface area contributed by atoms with Crippen LogP contribution < -0.4 is 9.62 Å². The number of carbonyl (C=O) groups is 1. The Morgan fingerprint density at radius 3 is 2.61 bits per heavy atom. The van der Waals surface area contributed by atoms with Crippen LogP contribution in [0.3, 0.4) is 0 Å². The third kappa shape index (κ3) is 4.68. The summed E-state index contributed by atoms with van der Waals surface area (Å²) in [5, 5.41) is 17.1. The van der Waals surface area contributed by atoms with E-state index in [2.05, 4.69) is 25.9 Å². The van der Waals surface area contributed by atoms with Gasteiger partial charge >= 0.3 is 0 Å². The predicted molar refractivity (Wildman–Crippen MR) is 134 cm³/mol. The van der Waals surface area contributed by atoms with Crippen molar-refractivity contribution in [1.29, 1.82) is 0 Å². The monoisotopic (exact) mass is 509 g/mol. The third-order valence-electron chi connectivity index (χ3n) is 6.26. The van der Waals surface area contributed by atoms with Crippen LogP contribution in [0.1, 0.15) is 52.5 Å². The van der Waals surface area contributed by atoms with Gasteiger partial charge in [0.25, 0.3) is 5.91 Å². The Kier molecular flexibility index (Phi) is 6.20. The van der Waals surface area contributed by atoms with E-state index in [4.69, 9.17) is 9.40 Å². The first-order chi connectivity index (χ1) is 17.3. The van der Waals surface area contributed by atoms with E-state index in [-0.39, 0.29) is 24.1 Å². The molecule has 0 aliphatic heterocycles. The first-order valence-corrected chi connectivity index (χ1v) is 13.6. The maximum atomic E-state index is 13.0. The van der Waals surface area contributed by atoms with Crippen LogP contribution in [0.4, 0.5) is 5.82 Å². The van der Waals surface area contributed by atoms with Gasteiger partial charge in [-0.3, -0.25) is 9.10 Å². The molecule has 4 aromatic rings. The lowest BCUT2D eigenvalue weighted by Gasteiger charge is -2.23. The predicted octanol–water partition coefficient (Wildman–Crippen LogP) is 2.95. The van der Waals surface area contributed by atoms with Crippen LogP contribution in [0.25, 0.3) is 22.4 Å². The van der Waals surface area contributed by atoms with Gasteiger partial charge in [-0.05, 0) is 43.7 Å². The molecule has 3 aromatic heterocycles. The van der Waals surface area contributed by atoms with Crippen molar-refractivity contribution >= 4 is 32.8 Å². The van der Waals surface area contributed by atoms with Crippen LogP contribution in [-0.2, 0) is 16.4 Å². The van der Waals surface area contributed by atoms with E-state index < -0.39 is 10.0 Å². The minimum absolute atomic E-state index is 0.175. The zero-order chi connectivity index (χ0) is 25.4. The second-order valence-corrected chi connectivity index (χ2v) is 11.0. The van der Waals surface area contributed by atoms with Crippen molar-refractivity contribution in [3.05, 3.63) is 52.8 Å².